The highest BCUT2D eigenvalue weighted by molar-refractivity contribution is 6.33. The fourth-order valence-corrected chi connectivity index (χ4v) is 2.24. The first-order valence-electron chi connectivity index (χ1n) is 7.00. The van der Waals surface area contributed by atoms with E-state index >= 15 is 0 Å². The van der Waals surface area contributed by atoms with E-state index in [0.717, 1.165) is 12.1 Å². The largest absolute Gasteiger partial charge is 0.452 e. The Morgan fingerprint density at radius 1 is 1.17 bits per heavy atom. The highest BCUT2D eigenvalue weighted by Crippen LogP contribution is 2.18. The molecule has 0 fully saturated rings. The van der Waals surface area contributed by atoms with Gasteiger partial charge in [0.1, 0.15) is 5.82 Å². The van der Waals surface area contributed by atoms with Gasteiger partial charge in [-0.1, -0.05) is 29.8 Å². The summed E-state index contributed by atoms with van der Waals surface area (Å²) >= 11 is 5.83. The minimum atomic E-state index is -0.841. The third-order valence-electron chi connectivity index (χ3n) is 3.16. The van der Waals surface area contributed by atoms with E-state index < -0.39 is 18.4 Å². The first kappa shape index (κ1) is 17.0. The zero-order chi connectivity index (χ0) is 16.8. The third-order valence-corrected chi connectivity index (χ3v) is 3.49. The van der Waals surface area contributed by atoms with Gasteiger partial charge in [0.15, 0.2) is 6.61 Å². The van der Waals surface area contributed by atoms with Crippen molar-refractivity contribution in [3.8, 4) is 0 Å². The van der Waals surface area contributed by atoms with Crippen molar-refractivity contribution < 1.29 is 18.7 Å². The topological polar surface area (TPSA) is 46.6 Å². The van der Waals surface area contributed by atoms with Gasteiger partial charge in [0, 0.05) is 12.2 Å². The fraction of sp³-hybridized carbons (Fsp3) is 0.176. The molecule has 0 aromatic heterocycles. The molecular formula is C17H15ClFNO3. The lowest BCUT2D eigenvalue weighted by Crippen LogP contribution is -2.34. The lowest BCUT2D eigenvalue weighted by atomic mass is 10.2. The Labute approximate surface area is 138 Å². The van der Waals surface area contributed by atoms with Crippen molar-refractivity contribution in [3.63, 3.8) is 0 Å². The number of carbonyl (C=O) groups is 2. The molecule has 4 nitrogen and oxygen atoms in total. The summed E-state index contributed by atoms with van der Waals surface area (Å²) in [5.41, 5.74) is 0.599. The van der Waals surface area contributed by atoms with Crippen LogP contribution in [0, 0.1) is 5.82 Å². The van der Waals surface area contributed by atoms with Gasteiger partial charge in [0.2, 0.25) is 0 Å². The Morgan fingerprint density at radius 3 is 2.52 bits per heavy atom. The van der Waals surface area contributed by atoms with Crippen molar-refractivity contribution in [2.45, 2.75) is 6.92 Å². The molecule has 120 valence electrons. The highest BCUT2D eigenvalue weighted by Gasteiger charge is 2.18. The zero-order valence-electron chi connectivity index (χ0n) is 12.5. The van der Waals surface area contributed by atoms with Crippen molar-refractivity contribution in [1.82, 2.24) is 0 Å². The second kappa shape index (κ2) is 7.74. The van der Waals surface area contributed by atoms with Gasteiger partial charge < -0.3 is 9.64 Å². The molecule has 0 aliphatic rings. The Hall–Kier alpha value is -2.40. The average molecular weight is 336 g/mol. The van der Waals surface area contributed by atoms with Gasteiger partial charge in [-0.2, -0.15) is 0 Å². The number of ether oxygens (including phenoxy) is 1. The minimum Gasteiger partial charge on any atom is -0.452 e. The lowest BCUT2D eigenvalue weighted by molar-refractivity contribution is -0.121. The van der Waals surface area contributed by atoms with Crippen LogP contribution in [-0.4, -0.2) is 25.0 Å². The molecule has 2 rings (SSSR count). The van der Waals surface area contributed by atoms with Crippen LogP contribution in [-0.2, 0) is 9.53 Å². The summed E-state index contributed by atoms with van der Waals surface area (Å²) in [6.45, 7) is 1.80. The van der Waals surface area contributed by atoms with E-state index in [-0.39, 0.29) is 16.5 Å². The van der Waals surface area contributed by atoms with Crippen LogP contribution >= 0.6 is 11.6 Å². The molecule has 0 heterocycles. The van der Waals surface area contributed by atoms with E-state index in [4.69, 9.17) is 16.3 Å². The molecule has 0 radical (unpaired) electrons. The molecular weight excluding hydrogens is 321 g/mol. The van der Waals surface area contributed by atoms with Crippen molar-refractivity contribution >= 4 is 29.2 Å². The SMILES string of the molecule is CCN(C(=O)COC(=O)c1cc(F)ccc1Cl)c1ccccc1. The maximum Gasteiger partial charge on any atom is 0.340 e. The predicted molar refractivity (Wildman–Crippen MR) is 86.2 cm³/mol. The fourth-order valence-electron chi connectivity index (χ4n) is 2.05. The van der Waals surface area contributed by atoms with E-state index in [1.54, 1.807) is 12.1 Å². The Balaban J connectivity index is 2.03. The maximum atomic E-state index is 13.2. The number of halogens is 2. The number of hydrogen-bond acceptors (Lipinski definition) is 3. The minimum absolute atomic E-state index is 0.0688. The van der Waals surface area contributed by atoms with Crippen molar-refractivity contribution in [2.75, 3.05) is 18.1 Å². The molecule has 0 saturated heterocycles. The van der Waals surface area contributed by atoms with Crippen molar-refractivity contribution in [1.29, 1.82) is 0 Å². The van der Waals surface area contributed by atoms with E-state index in [0.29, 0.717) is 12.2 Å². The molecule has 0 spiro atoms. The Kier molecular flexibility index (Phi) is 5.71. The molecule has 6 heteroatoms. The van der Waals surface area contributed by atoms with Crippen molar-refractivity contribution in [3.05, 3.63) is 64.9 Å². The average Bonchev–Trinajstić information content (AvgIpc) is 2.56. The number of nitrogens with zero attached hydrogens (tertiary/aromatic N) is 1. The van der Waals surface area contributed by atoms with Gasteiger partial charge in [-0.15, -0.1) is 0 Å². The highest BCUT2D eigenvalue weighted by atomic mass is 35.5. The van der Waals surface area contributed by atoms with Crippen LogP contribution < -0.4 is 4.90 Å². The molecule has 2 aromatic rings. The summed E-state index contributed by atoms with van der Waals surface area (Å²) in [6, 6.07) is 12.4. The quantitative estimate of drug-likeness (QED) is 0.783. The summed E-state index contributed by atoms with van der Waals surface area (Å²) in [6.07, 6.45) is 0. The lowest BCUT2D eigenvalue weighted by Gasteiger charge is -2.20. The van der Waals surface area contributed by atoms with Gasteiger partial charge in [0.05, 0.1) is 10.6 Å². The number of amides is 1. The molecule has 0 aliphatic carbocycles. The summed E-state index contributed by atoms with van der Waals surface area (Å²) < 4.78 is 18.1. The monoisotopic (exact) mass is 335 g/mol. The van der Waals surface area contributed by atoms with Crippen LogP contribution in [0.2, 0.25) is 5.02 Å². The zero-order valence-corrected chi connectivity index (χ0v) is 13.2. The molecule has 0 saturated carbocycles. The number of hydrogen-bond donors (Lipinski definition) is 0. The standard InChI is InChI=1S/C17H15ClFNO3/c1-2-20(13-6-4-3-5-7-13)16(21)11-23-17(22)14-10-12(19)8-9-15(14)18/h3-10H,2,11H2,1H3. The van der Waals surface area contributed by atoms with Crippen LogP contribution in [0.1, 0.15) is 17.3 Å². The van der Waals surface area contributed by atoms with Crippen LogP contribution in [0.5, 0.6) is 0 Å². The molecule has 23 heavy (non-hydrogen) atoms. The van der Waals surface area contributed by atoms with Crippen LogP contribution in [0.3, 0.4) is 0 Å². The first-order valence-corrected chi connectivity index (χ1v) is 7.38. The molecule has 0 N–H and O–H groups in total. The van der Waals surface area contributed by atoms with Gasteiger partial charge in [-0.25, -0.2) is 9.18 Å². The Bertz CT molecular complexity index is 706. The second-order valence-electron chi connectivity index (χ2n) is 4.67. The number of anilines is 1. The number of rotatable bonds is 5. The van der Waals surface area contributed by atoms with Crippen LogP contribution in [0.25, 0.3) is 0 Å². The summed E-state index contributed by atoms with van der Waals surface area (Å²) in [5.74, 6) is -1.82. The third kappa shape index (κ3) is 4.29. The first-order chi connectivity index (χ1) is 11.0. The number of benzene rings is 2. The summed E-state index contributed by atoms with van der Waals surface area (Å²) in [5, 5.41) is 0.0688. The van der Waals surface area contributed by atoms with E-state index in [1.165, 1.54) is 11.0 Å². The molecule has 0 bridgehead atoms. The normalized spacial score (nSPS) is 10.2. The van der Waals surface area contributed by atoms with Crippen LogP contribution in [0.15, 0.2) is 48.5 Å². The number of likely N-dealkylation sites (N-methyl/N-ethyl adjacent to an activating group) is 1. The predicted octanol–water partition coefficient (Wildman–Crippen LogP) is 3.69. The smallest absolute Gasteiger partial charge is 0.340 e. The van der Waals surface area contributed by atoms with Gasteiger partial charge in [-0.3, -0.25) is 4.79 Å². The second-order valence-corrected chi connectivity index (χ2v) is 5.08. The number of esters is 1. The van der Waals surface area contributed by atoms with E-state index in [1.807, 2.05) is 25.1 Å². The summed E-state index contributed by atoms with van der Waals surface area (Å²) in [4.78, 5) is 25.6. The molecule has 0 aliphatic heterocycles. The van der Waals surface area contributed by atoms with E-state index in [2.05, 4.69) is 0 Å². The Morgan fingerprint density at radius 2 is 1.87 bits per heavy atom. The summed E-state index contributed by atoms with van der Waals surface area (Å²) in [7, 11) is 0. The number of carbonyl (C=O) groups excluding carboxylic acids is 2. The molecule has 2 aromatic carbocycles. The molecule has 1 amide bonds. The molecule has 0 atom stereocenters. The van der Waals surface area contributed by atoms with Gasteiger partial charge in [-0.05, 0) is 37.3 Å². The van der Waals surface area contributed by atoms with Gasteiger partial charge in [0.25, 0.3) is 5.91 Å². The van der Waals surface area contributed by atoms with Crippen LogP contribution in [0.4, 0.5) is 10.1 Å². The number of para-hydroxylation sites is 1. The van der Waals surface area contributed by atoms with E-state index in [9.17, 15) is 14.0 Å². The molecule has 0 unspecified atom stereocenters. The van der Waals surface area contributed by atoms with Gasteiger partial charge >= 0.3 is 5.97 Å². The van der Waals surface area contributed by atoms with Crippen molar-refractivity contribution in [2.24, 2.45) is 0 Å². The maximum absolute atomic E-state index is 13.2.